The molecule has 0 fully saturated rings. The zero-order valence-corrected chi connectivity index (χ0v) is 14.9. The van der Waals surface area contributed by atoms with Gasteiger partial charge in [0, 0.05) is 19.3 Å². The molecule has 2 heterocycles. The molecule has 0 aromatic heterocycles. The number of hydrogen-bond acceptors (Lipinski definition) is 2. The highest BCUT2D eigenvalue weighted by Gasteiger charge is 2.32. The number of thioether (sulfide) groups is 1. The van der Waals surface area contributed by atoms with Crippen molar-refractivity contribution in [3.8, 4) is 0 Å². The van der Waals surface area contributed by atoms with Crippen molar-refractivity contribution < 1.29 is 0 Å². The van der Waals surface area contributed by atoms with Gasteiger partial charge in [-0.05, 0) is 33.5 Å². The third-order valence-corrected chi connectivity index (χ3v) is 6.53. The minimum atomic E-state index is 0.455. The van der Waals surface area contributed by atoms with E-state index in [0.29, 0.717) is 4.16 Å². The Labute approximate surface area is 132 Å². The average Bonchev–Trinajstić information content (AvgIpc) is 2.87. The highest BCUT2D eigenvalue weighted by atomic mass is 79.9. The van der Waals surface area contributed by atoms with Gasteiger partial charge in [0.2, 0.25) is 0 Å². The van der Waals surface area contributed by atoms with Crippen molar-refractivity contribution in [2.45, 2.75) is 49.6 Å². The third-order valence-electron chi connectivity index (χ3n) is 3.52. The van der Waals surface area contributed by atoms with Crippen LogP contribution in [0.15, 0.2) is 21.2 Å². The summed E-state index contributed by atoms with van der Waals surface area (Å²) in [5, 5.41) is 0. The minimum Gasteiger partial charge on any atom is -0.373 e. The fraction of sp³-hybridized carbons (Fsp3) is 0.714. The highest BCUT2D eigenvalue weighted by molar-refractivity contribution is 9.15. The zero-order valence-electron chi connectivity index (χ0n) is 10.9. The molecular weight excluding hydrogens is 374 g/mol. The Balaban J connectivity index is 1.68. The topological polar surface area (TPSA) is 3.24 Å². The molecule has 0 bridgehead atoms. The second-order valence-electron chi connectivity index (χ2n) is 5.01. The van der Waals surface area contributed by atoms with Gasteiger partial charge in [0.1, 0.15) is 0 Å². The predicted molar refractivity (Wildman–Crippen MR) is 89.3 cm³/mol. The van der Waals surface area contributed by atoms with Gasteiger partial charge >= 0.3 is 0 Å². The summed E-state index contributed by atoms with van der Waals surface area (Å²) in [6.45, 7) is 4.58. The average molecular weight is 395 g/mol. The molecule has 2 rings (SSSR count). The van der Waals surface area contributed by atoms with E-state index in [2.05, 4.69) is 49.9 Å². The molecule has 102 valence electrons. The number of fused-ring (bicyclic) bond motifs is 1. The van der Waals surface area contributed by atoms with Crippen LogP contribution in [-0.4, -0.2) is 22.1 Å². The van der Waals surface area contributed by atoms with Gasteiger partial charge in [-0.1, -0.05) is 66.7 Å². The first-order chi connectivity index (χ1) is 8.72. The van der Waals surface area contributed by atoms with E-state index in [0.717, 1.165) is 6.54 Å². The summed E-state index contributed by atoms with van der Waals surface area (Å²) >= 11 is 9.26. The van der Waals surface area contributed by atoms with Gasteiger partial charge < -0.3 is 4.90 Å². The molecule has 2 aliphatic heterocycles. The van der Waals surface area contributed by atoms with Crippen molar-refractivity contribution in [1.29, 1.82) is 0 Å². The second-order valence-corrected chi connectivity index (χ2v) is 8.96. The van der Waals surface area contributed by atoms with Crippen LogP contribution in [0.1, 0.15) is 45.4 Å². The number of hydrogen-bond donors (Lipinski definition) is 0. The summed E-state index contributed by atoms with van der Waals surface area (Å²) < 4.78 is 1.78. The van der Waals surface area contributed by atoms with E-state index in [9.17, 15) is 0 Å². The lowest BCUT2D eigenvalue weighted by molar-refractivity contribution is 0.404. The quantitative estimate of drug-likeness (QED) is 0.407. The molecule has 0 N–H and O–H groups in total. The van der Waals surface area contributed by atoms with E-state index in [1.54, 1.807) is 0 Å². The van der Waals surface area contributed by atoms with Crippen molar-refractivity contribution in [1.82, 2.24) is 4.90 Å². The molecule has 18 heavy (non-hydrogen) atoms. The Kier molecular flexibility index (Phi) is 6.16. The smallest absolute Gasteiger partial charge is 0.0919 e. The van der Waals surface area contributed by atoms with Crippen LogP contribution >= 0.6 is 43.6 Å². The summed E-state index contributed by atoms with van der Waals surface area (Å²) in [5.74, 6) is 0. The van der Waals surface area contributed by atoms with Crippen molar-refractivity contribution >= 4 is 43.6 Å². The Bertz CT molecular complexity index is 352. The number of rotatable bonds is 7. The zero-order chi connectivity index (χ0) is 13.0. The van der Waals surface area contributed by atoms with Crippen LogP contribution in [0, 0.1) is 0 Å². The molecule has 1 unspecified atom stereocenters. The van der Waals surface area contributed by atoms with E-state index in [4.69, 9.17) is 0 Å². The van der Waals surface area contributed by atoms with Crippen molar-refractivity contribution in [3.63, 3.8) is 0 Å². The maximum absolute atomic E-state index is 3.72. The largest absolute Gasteiger partial charge is 0.373 e. The van der Waals surface area contributed by atoms with Crippen molar-refractivity contribution in [2.75, 3.05) is 13.1 Å². The summed E-state index contributed by atoms with van der Waals surface area (Å²) in [7, 11) is 0. The first kappa shape index (κ1) is 15.0. The van der Waals surface area contributed by atoms with Gasteiger partial charge in [0.25, 0.3) is 0 Å². The molecule has 0 aromatic rings. The molecule has 0 spiro atoms. The monoisotopic (exact) mass is 393 g/mol. The van der Waals surface area contributed by atoms with Crippen LogP contribution < -0.4 is 0 Å². The lowest BCUT2D eigenvalue weighted by atomic mass is 10.1. The molecule has 4 heteroatoms. The Morgan fingerprint density at radius 2 is 2.00 bits per heavy atom. The van der Waals surface area contributed by atoms with Crippen molar-refractivity contribution in [2.24, 2.45) is 0 Å². The van der Waals surface area contributed by atoms with E-state index < -0.39 is 0 Å². The SMILES string of the molecule is CCCCCCCCN1C=C2C(=C(Br)SC2Br)C1. The number of unbranched alkanes of at least 4 members (excludes halogenated alkanes) is 5. The van der Waals surface area contributed by atoms with E-state index >= 15 is 0 Å². The van der Waals surface area contributed by atoms with Gasteiger partial charge in [-0.25, -0.2) is 0 Å². The van der Waals surface area contributed by atoms with Crippen LogP contribution in [0.5, 0.6) is 0 Å². The van der Waals surface area contributed by atoms with E-state index in [-0.39, 0.29) is 0 Å². The summed E-state index contributed by atoms with van der Waals surface area (Å²) in [4.78, 5) is 2.47. The number of halogens is 2. The molecule has 0 amide bonds. The van der Waals surface area contributed by atoms with Gasteiger partial charge in [0.05, 0.1) is 7.97 Å². The fourth-order valence-electron chi connectivity index (χ4n) is 2.45. The first-order valence-corrected chi connectivity index (χ1v) is 9.46. The fourth-order valence-corrected chi connectivity index (χ4v) is 5.91. The molecule has 0 aliphatic carbocycles. The standard InChI is InChI=1S/C14H21Br2NS/c1-2-3-4-5-6-7-8-17-9-11-12(10-17)14(16)18-13(11)15/h9,13H,2-8,10H2,1H3. The van der Waals surface area contributed by atoms with Crippen LogP contribution in [-0.2, 0) is 0 Å². The van der Waals surface area contributed by atoms with Gasteiger partial charge in [0.15, 0.2) is 0 Å². The maximum atomic E-state index is 3.72. The molecule has 0 saturated carbocycles. The number of nitrogens with zero attached hydrogens (tertiary/aromatic N) is 1. The maximum Gasteiger partial charge on any atom is 0.0919 e. The van der Waals surface area contributed by atoms with Crippen LogP contribution in [0.2, 0.25) is 0 Å². The summed E-state index contributed by atoms with van der Waals surface area (Å²) in [6, 6.07) is 0. The van der Waals surface area contributed by atoms with E-state index in [1.807, 2.05) is 11.8 Å². The van der Waals surface area contributed by atoms with Crippen LogP contribution in [0.25, 0.3) is 0 Å². The molecule has 1 atom stereocenters. The Morgan fingerprint density at radius 3 is 2.72 bits per heavy atom. The first-order valence-electron chi connectivity index (χ1n) is 6.88. The van der Waals surface area contributed by atoms with Crippen LogP contribution in [0.3, 0.4) is 0 Å². The highest BCUT2D eigenvalue weighted by Crippen LogP contribution is 2.50. The lowest BCUT2D eigenvalue weighted by Gasteiger charge is -2.15. The lowest BCUT2D eigenvalue weighted by Crippen LogP contribution is -2.16. The molecule has 2 aliphatic rings. The van der Waals surface area contributed by atoms with Crippen molar-refractivity contribution in [3.05, 3.63) is 21.2 Å². The summed E-state index contributed by atoms with van der Waals surface area (Å²) in [5.41, 5.74) is 2.96. The van der Waals surface area contributed by atoms with Gasteiger partial charge in [-0.15, -0.1) is 0 Å². The van der Waals surface area contributed by atoms with Crippen LogP contribution in [0.4, 0.5) is 0 Å². The van der Waals surface area contributed by atoms with Gasteiger partial charge in [-0.3, -0.25) is 0 Å². The third kappa shape index (κ3) is 3.80. The molecule has 0 aromatic carbocycles. The van der Waals surface area contributed by atoms with Gasteiger partial charge in [-0.2, -0.15) is 0 Å². The molecule has 0 radical (unpaired) electrons. The minimum absolute atomic E-state index is 0.455. The Morgan fingerprint density at radius 1 is 1.28 bits per heavy atom. The second kappa shape index (κ2) is 7.39. The molecule has 0 saturated heterocycles. The normalized spacial score (nSPS) is 22.7. The molecular formula is C14H21Br2NS. The Hall–Kier alpha value is 0.590. The van der Waals surface area contributed by atoms with E-state index in [1.165, 1.54) is 60.0 Å². The number of alkyl halides is 1. The molecule has 1 nitrogen and oxygen atoms in total. The summed E-state index contributed by atoms with van der Waals surface area (Å²) in [6.07, 6.45) is 10.6. The predicted octanol–water partition coefficient (Wildman–Crippen LogP) is 5.62.